The summed E-state index contributed by atoms with van der Waals surface area (Å²) in [5, 5.41) is 9.54. The number of aryl methyl sites for hydroxylation is 1. The minimum atomic E-state index is -3.56. The first-order valence-electron chi connectivity index (χ1n) is 12.4. The molecule has 0 saturated heterocycles. The molecule has 0 fully saturated rings. The highest BCUT2D eigenvalue weighted by molar-refractivity contribution is 7.92. The maximum Gasteiger partial charge on any atom is 0.335 e. The van der Waals surface area contributed by atoms with Crippen LogP contribution in [0.5, 0.6) is 0 Å². The van der Waals surface area contributed by atoms with Crippen LogP contribution in [0.1, 0.15) is 67.1 Å². The van der Waals surface area contributed by atoms with Crippen LogP contribution in [0.3, 0.4) is 0 Å². The Morgan fingerprint density at radius 3 is 2.34 bits per heavy atom. The first kappa shape index (κ1) is 36.1. The second-order valence-corrected chi connectivity index (χ2v) is 11.8. The lowest BCUT2D eigenvalue weighted by atomic mass is 9.93. The summed E-state index contributed by atoms with van der Waals surface area (Å²) in [5.41, 5.74) is 15.2. The third-order valence-electron chi connectivity index (χ3n) is 5.97. The predicted molar refractivity (Wildman–Crippen MR) is 159 cm³/mol. The van der Waals surface area contributed by atoms with Crippen LogP contribution in [0.2, 0.25) is 0 Å². The number of ether oxygens (including phenoxy) is 1. The second kappa shape index (κ2) is 16.3. The van der Waals surface area contributed by atoms with Crippen LogP contribution in [-0.2, 0) is 34.2 Å². The molecule has 0 aliphatic rings. The molecule has 2 atom stereocenters. The van der Waals surface area contributed by atoms with E-state index < -0.39 is 21.5 Å². The number of hydrogen-bond donors (Lipinski definition) is 3. The standard InChI is InChI=1S/C27H41N3O5S.2ClH/c1-5-12-30(36(4,33)34)25-15-22(14-23(16-25)26(31)32)18-35-19-27(3,29)17-21-9-7-8-20(13-21)10-11-24(28)6-2;;/h7-9,13-16,24H,5-6,10-12,17-19,28-29H2,1-4H3,(H,31,32);2*1H. The zero-order valence-corrected chi connectivity index (χ0v) is 25.1. The third-order valence-corrected chi connectivity index (χ3v) is 7.16. The minimum Gasteiger partial charge on any atom is -0.478 e. The number of nitrogens with two attached hydrogens (primary N) is 2. The fraction of sp³-hybridized carbons (Fsp3) is 0.519. The largest absolute Gasteiger partial charge is 0.478 e. The highest BCUT2D eigenvalue weighted by Gasteiger charge is 2.22. The highest BCUT2D eigenvalue weighted by atomic mass is 35.5. The average Bonchev–Trinajstić information content (AvgIpc) is 2.79. The number of carboxylic acid groups (broad SMARTS) is 1. The summed E-state index contributed by atoms with van der Waals surface area (Å²) in [6, 6.07) is 13.1. The number of carboxylic acids is 1. The number of anilines is 1. The molecule has 2 unspecified atom stereocenters. The molecule has 0 aliphatic heterocycles. The van der Waals surface area contributed by atoms with Crippen LogP contribution >= 0.6 is 24.8 Å². The van der Waals surface area contributed by atoms with E-state index in [2.05, 4.69) is 19.1 Å². The lowest BCUT2D eigenvalue weighted by Crippen LogP contribution is -2.43. The van der Waals surface area contributed by atoms with Gasteiger partial charge in [-0.3, -0.25) is 4.31 Å². The van der Waals surface area contributed by atoms with Crippen molar-refractivity contribution in [1.82, 2.24) is 0 Å². The first-order chi connectivity index (χ1) is 16.8. The van der Waals surface area contributed by atoms with Crippen LogP contribution in [0.4, 0.5) is 5.69 Å². The number of carbonyl (C=O) groups is 1. The van der Waals surface area contributed by atoms with E-state index >= 15 is 0 Å². The van der Waals surface area contributed by atoms with E-state index in [4.69, 9.17) is 16.2 Å². The summed E-state index contributed by atoms with van der Waals surface area (Å²) >= 11 is 0. The van der Waals surface area contributed by atoms with Crippen molar-refractivity contribution in [2.45, 2.75) is 71.1 Å². The molecular formula is C27H43Cl2N3O5S. The molecule has 0 radical (unpaired) electrons. The number of benzene rings is 2. The monoisotopic (exact) mass is 591 g/mol. The minimum absolute atomic E-state index is 0. The molecule has 0 spiro atoms. The van der Waals surface area contributed by atoms with E-state index in [9.17, 15) is 18.3 Å². The molecule has 216 valence electrons. The Hall–Kier alpha value is -1.88. The van der Waals surface area contributed by atoms with Crippen LogP contribution in [0.25, 0.3) is 0 Å². The third kappa shape index (κ3) is 11.9. The van der Waals surface area contributed by atoms with E-state index in [0.717, 1.165) is 31.1 Å². The smallest absolute Gasteiger partial charge is 0.335 e. The average molecular weight is 593 g/mol. The van der Waals surface area contributed by atoms with Gasteiger partial charge in [-0.1, -0.05) is 38.1 Å². The molecule has 2 aromatic rings. The van der Waals surface area contributed by atoms with Gasteiger partial charge >= 0.3 is 5.97 Å². The van der Waals surface area contributed by atoms with Gasteiger partial charge in [-0.05, 0) is 73.9 Å². The van der Waals surface area contributed by atoms with E-state index in [1.807, 2.05) is 26.0 Å². The van der Waals surface area contributed by atoms with Crippen molar-refractivity contribution >= 4 is 46.5 Å². The summed E-state index contributed by atoms with van der Waals surface area (Å²) in [5.74, 6) is -1.13. The molecule has 0 heterocycles. The molecule has 0 bridgehead atoms. The van der Waals surface area contributed by atoms with Crippen LogP contribution < -0.4 is 15.8 Å². The Kier molecular flexibility index (Phi) is 15.5. The molecule has 11 heteroatoms. The quantitative estimate of drug-likeness (QED) is 0.276. The molecule has 38 heavy (non-hydrogen) atoms. The number of rotatable bonds is 15. The molecule has 0 aromatic heterocycles. The van der Waals surface area contributed by atoms with Crippen LogP contribution in [-0.4, -0.2) is 50.5 Å². The number of halogens is 2. The van der Waals surface area contributed by atoms with E-state index in [0.29, 0.717) is 24.1 Å². The summed E-state index contributed by atoms with van der Waals surface area (Å²) in [4.78, 5) is 11.7. The van der Waals surface area contributed by atoms with Gasteiger partial charge in [-0.15, -0.1) is 24.8 Å². The molecule has 2 aromatic carbocycles. The first-order valence-corrected chi connectivity index (χ1v) is 14.2. The summed E-state index contributed by atoms with van der Waals surface area (Å²) in [6.45, 7) is 6.48. The Bertz CT molecular complexity index is 1130. The number of sulfonamides is 1. The van der Waals surface area contributed by atoms with Crippen molar-refractivity contribution in [2.24, 2.45) is 11.5 Å². The second-order valence-electron chi connectivity index (χ2n) is 9.88. The lowest BCUT2D eigenvalue weighted by molar-refractivity contribution is 0.0693. The summed E-state index contributed by atoms with van der Waals surface area (Å²) in [7, 11) is -3.56. The summed E-state index contributed by atoms with van der Waals surface area (Å²) in [6.07, 6.45) is 5.13. The molecular weight excluding hydrogens is 549 g/mol. The van der Waals surface area contributed by atoms with E-state index in [1.54, 1.807) is 6.07 Å². The predicted octanol–water partition coefficient (Wildman–Crippen LogP) is 4.55. The van der Waals surface area contributed by atoms with E-state index in [-0.39, 0.29) is 56.2 Å². The van der Waals surface area contributed by atoms with Crippen molar-refractivity contribution in [3.63, 3.8) is 0 Å². The highest BCUT2D eigenvalue weighted by Crippen LogP contribution is 2.23. The fourth-order valence-corrected chi connectivity index (χ4v) is 5.09. The number of aromatic carboxylic acids is 1. The Labute approximate surface area is 240 Å². The maximum atomic E-state index is 12.3. The van der Waals surface area contributed by atoms with Crippen LogP contribution in [0.15, 0.2) is 42.5 Å². The van der Waals surface area contributed by atoms with Gasteiger partial charge in [0, 0.05) is 18.1 Å². The number of nitrogens with zero attached hydrogens (tertiary/aromatic N) is 1. The maximum absolute atomic E-state index is 12.3. The van der Waals surface area contributed by atoms with Crippen LogP contribution in [0, 0.1) is 0 Å². The molecule has 2 rings (SSSR count). The van der Waals surface area contributed by atoms with Gasteiger partial charge in [0.15, 0.2) is 0 Å². The molecule has 0 amide bonds. The molecule has 0 aliphatic carbocycles. The normalized spacial score (nSPS) is 13.5. The summed E-state index contributed by atoms with van der Waals surface area (Å²) < 4.78 is 31.7. The Morgan fingerprint density at radius 1 is 1.11 bits per heavy atom. The van der Waals surface area contributed by atoms with Gasteiger partial charge < -0.3 is 21.3 Å². The van der Waals surface area contributed by atoms with Crippen molar-refractivity contribution in [1.29, 1.82) is 0 Å². The molecule has 8 nitrogen and oxygen atoms in total. The van der Waals surface area contributed by atoms with Crippen molar-refractivity contribution in [3.05, 3.63) is 64.7 Å². The zero-order chi connectivity index (χ0) is 26.9. The van der Waals surface area contributed by atoms with E-state index in [1.165, 1.54) is 22.0 Å². The van der Waals surface area contributed by atoms with Gasteiger partial charge in [0.05, 0.1) is 30.7 Å². The SMILES string of the molecule is CCCN(c1cc(COCC(C)(N)Cc2cccc(CCC(N)CC)c2)cc(C(=O)O)c1)S(C)(=O)=O.Cl.Cl. The van der Waals surface area contributed by atoms with Crippen molar-refractivity contribution < 1.29 is 23.1 Å². The Morgan fingerprint density at radius 2 is 1.76 bits per heavy atom. The zero-order valence-electron chi connectivity index (χ0n) is 22.7. The van der Waals surface area contributed by atoms with Crippen molar-refractivity contribution in [3.8, 4) is 0 Å². The number of hydrogen-bond acceptors (Lipinski definition) is 6. The van der Waals surface area contributed by atoms with Gasteiger partial charge in [0.1, 0.15) is 0 Å². The molecule has 0 saturated carbocycles. The topological polar surface area (TPSA) is 136 Å². The van der Waals surface area contributed by atoms with Crippen molar-refractivity contribution in [2.75, 3.05) is 23.7 Å². The van der Waals surface area contributed by atoms with Gasteiger partial charge in [-0.25, -0.2) is 13.2 Å². The Balaban J connectivity index is 0.00000684. The fourth-order valence-electron chi connectivity index (χ4n) is 4.08. The molecule has 5 N–H and O–H groups in total. The van der Waals surface area contributed by atoms with Gasteiger partial charge in [-0.2, -0.15) is 0 Å². The van der Waals surface area contributed by atoms with Gasteiger partial charge in [0.25, 0.3) is 0 Å². The van der Waals surface area contributed by atoms with Gasteiger partial charge in [0.2, 0.25) is 10.0 Å². The lowest BCUT2D eigenvalue weighted by Gasteiger charge is -2.25.